The van der Waals surface area contributed by atoms with E-state index < -0.39 is 0 Å². The van der Waals surface area contributed by atoms with Crippen LogP contribution < -0.4 is 10.5 Å². The van der Waals surface area contributed by atoms with Gasteiger partial charge in [0, 0.05) is 30.4 Å². The molecule has 6 nitrogen and oxygen atoms in total. The van der Waals surface area contributed by atoms with Crippen LogP contribution in [0.3, 0.4) is 0 Å². The fraction of sp³-hybridized carbons (Fsp3) is 0.500. The van der Waals surface area contributed by atoms with Crippen molar-refractivity contribution in [2.75, 3.05) is 38.6 Å². The van der Waals surface area contributed by atoms with E-state index in [1.54, 1.807) is 23.1 Å². The zero-order valence-electron chi connectivity index (χ0n) is 11.5. The van der Waals surface area contributed by atoms with Gasteiger partial charge in [-0.25, -0.2) is 0 Å². The van der Waals surface area contributed by atoms with Crippen LogP contribution in [0.4, 0.5) is 5.69 Å². The molecule has 0 aliphatic carbocycles. The summed E-state index contributed by atoms with van der Waals surface area (Å²) in [6, 6.07) is 5.01. The van der Waals surface area contributed by atoms with Crippen molar-refractivity contribution in [3.63, 3.8) is 0 Å². The summed E-state index contributed by atoms with van der Waals surface area (Å²) in [4.78, 5) is 14.1. The van der Waals surface area contributed by atoms with Gasteiger partial charge < -0.3 is 25.2 Å². The van der Waals surface area contributed by atoms with Crippen LogP contribution in [0.1, 0.15) is 17.3 Å². The highest BCUT2D eigenvalue weighted by Gasteiger charge is 2.25. The van der Waals surface area contributed by atoms with Crippen molar-refractivity contribution in [2.45, 2.75) is 13.0 Å². The second kappa shape index (κ2) is 6.58. The highest BCUT2D eigenvalue weighted by atomic mass is 16.5. The van der Waals surface area contributed by atoms with Crippen LogP contribution in [0.25, 0.3) is 0 Å². The van der Waals surface area contributed by atoms with Crippen LogP contribution in [-0.2, 0) is 4.74 Å². The first-order valence-electron chi connectivity index (χ1n) is 6.69. The smallest absolute Gasteiger partial charge is 0.254 e. The molecule has 1 amide bonds. The highest BCUT2D eigenvalue weighted by molar-refractivity contribution is 5.95. The number of aliphatic hydroxyl groups is 1. The number of morpholine rings is 1. The van der Waals surface area contributed by atoms with Gasteiger partial charge in [-0.3, -0.25) is 4.79 Å². The van der Waals surface area contributed by atoms with Gasteiger partial charge in [0.05, 0.1) is 25.9 Å². The molecule has 0 saturated carbocycles. The summed E-state index contributed by atoms with van der Waals surface area (Å²) < 4.78 is 10.7. The maximum absolute atomic E-state index is 12.4. The third kappa shape index (κ3) is 3.40. The molecular weight excluding hydrogens is 260 g/mol. The summed E-state index contributed by atoms with van der Waals surface area (Å²) in [5.74, 6) is 0.461. The average molecular weight is 280 g/mol. The number of carbonyl (C=O) groups is 1. The molecular formula is C14H20N2O4. The van der Waals surface area contributed by atoms with E-state index in [2.05, 4.69) is 0 Å². The minimum Gasteiger partial charge on any atom is -0.494 e. The van der Waals surface area contributed by atoms with Crippen LogP contribution in [0.2, 0.25) is 0 Å². The first kappa shape index (κ1) is 14.6. The number of aliphatic hydroxyl groups excluding tert-OH is 1. The van der Waals surface area contributed by atoms with E-state index in [0.717, 1.165) is 0 Å². The molecule has 1 heterocycles. The van der Waals surface area contributed by atoms with Gasteiger partial charge in [-0.2, -0.15) is 0 Å². The molecule has 20 heavy (non-hydrogen) atoms. The second-order valence-corrected chi connectivity index (χ2v) is 4.65. The Morgan fingerprint density at radius 3 is 3.05 bits per heavy atom. The van der Waals surface area contributed by atoms with Gasteiger partial charge in [0.15, 0.2) is 0 Å². The van der Waals surface area contributed by atoms with E-state index >= 15 is 0 Å². The fourth-order valence-electron chi connectivity index (χ4n) is 2.19. The van der Waals surface area contributed by atoms with E-state index in [9.17, 15) is 4.79 Å². The second-order valence-electron chi connectivity index (χ2n) is 4.65. The van der Waals surface area contributed by atoms with Crippen molar-refractivity contribution in [3.8, 4) is 5.75 Å². The SMILES string of the molecule is CCOc1cc(N)cc(C(=O)N2CCOC(CO)C2)c1. The number of carbonyl (C=O) groups excluding carboxylic acids is 1. The number of nitrogens with zero attached hydrogens (tertiary/aromatic N) is 1. The molecule has 110 valence electrons. The van der Waals surface area contributed by atoms with Gasteiger partial charge in [-0.1, -0.05) is 0 Å². The van der Waals surface area contributed by atoms with Crippen LogP contribution in [0.15, 0.2) is 18.2 Å². The number of benzene rings is 1. The maximum Gasteiger partial charge on any atom is 0.254 e. The molecule has 0 bridgehead atoms. The summed E-state index contributed by atoms with van der Waals surface area (Å²) in [7, 11) is 0. The Kier molecular flexibility index (Phi) is 4.81. The molecule has 0 aromatic heterocycles. The lowest BCUT2D eigenvalue weighted by Crippen LogP contribution is -2.46. The van der Waals surface area contributed by atoms with E-state index in [0.29, 0.717) is 43.3 Å². The zero-order chi connectivity index (χ0) is 14.5. The molecule has 1 unspecified atom stereocenters. The van der Waals surface area contributed by atoms with Crippen LogP contribution in [0, 0.1) is 0 Å². The van der Waals surface area contributed by atoms with E-state index in [-0.39, 0.29) is 18.6 Å². The first-order chi connectivity index (χ1) is 9.63. The van der Waals surface area contributed by atoms with E-state index in [1.807, 2.05) is 6.92 Å². The molecule has 1 aromatic carbocycles. The lowest BCUT2D eigenvalue weighted by atomic mass is 10.1. The van der Waals surface area contributed by atoms with E-state index in [1.165, 1.54) is 0 Å². The molecule has 1 atom stereocenters. The Morgan fingerprint density at radius 2 is 2.35 bits per heavy atom. The molecule has 0 spiro atoms. The van der Waals surface area contributed by atoms with Gasteiger partial charge in [-0.15, -0.1) is 0 Å². The number of nitrogens with two attached hydrogens (primary N) is 1. The minimum absolute atomic E-state index is 0.0924. The predicted molar refractivity (Wildman–Crippen MR) is 74.8 cm³/mol. The van der Waals surface area contributed by atoms with Crippen LogP contribution >= 0.6 is 0 Å². The standard InChI is InChI=1S/C14H20N2O4/c1-2-19-12-6-10(5-11(15)7-12)14(18)16-3-4-20-13(8-16)9-17/h5-7,13,17H,2-4,8-9,15H2,1H3. The fourth-order valence-corrected chi connectivity index (χ4v) is 2.19. The molecule has 6 heteroatoms. The number of ether oxygens (including phenoxy) is 2. The van der Waals surface area contributed by atoms with Gasteiger partial charge in [0.25, 0.3) is 5.91 Å². The number of amides is 1. The van der Waals surface area contributed by atoms with E-state index in [4.69, 9.17) is 20.3 Å². The molecule has 1 fully saturated rings. The molecule has 0 radical (unpaired) electrons. The number of hydrogen-bond donors (Lipinski definition) is 2. The summed E-state index contributed by atoms with van der Waals surface area (Å²) in [5.41, 5.74) is 6.78. The summed E-state index contributed by atoms with van der Waals surface area (Å²) >= 11 is 0. The summed E-state index contributed by atoms with van der Waals surface area (Å²) in [6.45, 7) is 3.62. The number of rotatable bonds is 4. The van der Waals surface area contributed by atoms with Gasteiger partial charge in [-0.05, 0) is 19.1 Å². The Bertz CT molecular complexity index is 478. The Morgan fingerprint density at radius 1 is 1.55 bits per heavy atom. The van der Waals surface area contributed by atoms with Gasteiger partial charge in [0.1, 0.15) is 5.75 Å². The molecule has 1 aliphatic heterocycles. The third-order valence-corrected chi connectivity index (χ3v) is 3.12. The van der Waals surface area contributed by atoms with Crippen molar-refractivity contribution >= 4 is 11.6 Å². The lowest BCUT2D eigenvalue weighted by Gasteiger charge is -2.32. The Balaban J connectivity index is 2.15. The normalized spacial score (nSPS) is 18.9. The largest absolute Gasteiger partial charge is 0.494 e. The molecule has 1 saturated heterocycles. The Labute approximate surface area is 118 Å². The maximum atomic E-state index is 12.4. The quantitative estimate of drug-likeness (QED) is 0.785. The van der Waals surface area contributed by atoms with Crippen LogP contribution in [0.5, 0.6) is 5.75 Å². The van der Waals surface area contributed by atoms with Crippen LogP contribution in [-0.4, -0.2) is 54.9 Å². The van der Waals surface area contributed by atoms with Gasteiger partial charge >= 0.3 is 0 Å². The molecule has 1 aliphatic rings. The van der Waals surface area contributed by atoms with Crippen molar-refractivity contribution in [3.05, 3.63) is 23.8 Å². The van der Waals surface area contributed by atoms with Crippen molar-refractivity contribution in [1.82, 2.24) is 4.90 Å². The summed E-state index contributed by atoms with van der Waals surface area (Å²) in [6.07, 6.45) is -0.319. The lowest BCUT2D eigenvalue weighted by molar-refractivity contribution is -0.0447. The number of nitrogen functional groups attached to an aromatic ring is 1. The number of anilines is 1. The van der Waals surface area contributed by atoms with Crippen molar-refractivity contribution in [1.29, 1.82) is 0 Å². The first-order valence-corrected chi connectivity index (χ1v) is 6.69. The molecule has 1 aromatic rings. The topological polar surface area (TPSA) is 85.0 Å². The van der Waals surface area contributed by atoms with Crippen molar-refractivity contribution in [2.24, 2.45) is 0 Å². The monoisotopic (exact) mass is 280 g/mol. The summed E-state index contributed by atoms with van der Waals surface area (Å²) in [5, 5.41) is 9.12. The Hall–Kier alpha value is -1.79. The predicted octanol–water partition coefficient (Wildman–Crippen LogP) is 0.501. The third-order valence-electron chi connectivity index (χ3n) is 3.12. The minimum atomic E-state index is -0.319. The molecule has 3 N–H and O–H groups in total. The molecule has 2 rings (SSSR count). The van der Waals surface area contributed by atoms with Crippen molar-refractivity contribution < 1.29 is 19.4 Å². The van der Waals surface area contributed by atoms with Gasteiger partial charge in [0.2, 0.25) is 0 Å². The zero-order valence-corrected chi connectivity index (χ0v) is 11.5. The average Bonchev–Trinajstić information content (AvgIpc) is 2.46. The highest BCUT2D eigenvalue weighted by Crippen LogP contribution is 2.21. The number of hydrogen-bond acceptors (Lipinski definition) is 5.